The summed E-state index contributed by atoms with van der Waals surface area (Å²) < 4.78 is 0. The van der Waals surface area contributed by atoms with Crippen molar-refractivity contribution < 1.29 is 9.59 Å². The van der Waals surface area contributed by atoms with Gasteiger partial charge in [-0.25, -0.2) is 0 Å². The number of hydrogen-bond acceptors (Lipinski definition) is 3. The fourth-order valence-electron chi connectivity index (χ4n) is 2.40. The Morgan fingerprint density at radius 2 is 1.69 bits per heavy atom. The van der Waals surface area contributed by atoms with Gasteiger partial charge in [-0.3, -0.25) is 9.59 Å². The van der Waals surface area contributed by atoms with Gasteiger partial charge in [-0.2, -0.15) is 0 Å². The first-order chi connectivity index (χ1) is 12.1. The van der Waals surface area contributed by atoms with Gasteiger partial charge in [0, 0.05) is 16.1 Å². The first-order valence-corrected chi connectivity index (χ1v) is 9.44. The lowest BCUT2D eigenvalue weighted by Gasteiger charge is -2.21. The Morgan fingerprint density at radius 3 is 2.23 bits per heavy atom. The van der Waals surface area contributed by atoms with E-state index in [1.807, 2.05) is 6.92 Å². The predicted octanol–water partition coefficient (Wildman–Crippen LogP) is 4.51. The van der Waals surface area contributed by atoms with Crippen molar-refractivity contribution in [1.82, 2.24) is 0 Å². The molecule has 26 heavy (non-hydrogen) atoms. The van der Waals surface area contributed by atoms with Gasteiger partial charge in [0.2, 0.25) is 11.8 Å². The SMILES string of the molecule is Cc1ccc(C(C)(C)C)cc1S[C@H](C)C(=O)Nc1ccc(C(N)=O)cc1. The third kappa shape index (κ3) is 5.11. The molecule has 0 saturated carbocycles. The number of benzene rings is 2. The zero-order chi connectivity index (χ0) is 19.5. The van der Waals surface area contributed by atoms with E-state index >= 15 is 0 Å². The van der Waals surface area contributed by atoms with E-state index in [9.17, 15) is 9.59 Å². The molecule has 0 heterocycles. The monoisotopic (exact) mass is 370 g/mol. The van der Waals surface area contributed by atoms with E-state index in [-0.39, 0.29) is 16.6 Å². The van der Waals surface area contributed by atoms with E-state index in [1.165, 1.54) is 5.56 Å². The lowest BCUT2D eigenvalue weighted by Crippen LogP contribution is -2.22. The molecule has 0 aliphatic heterocycles. The summed E-state index contributed by atoms with van der Waals surface area (Å²) in [7, 11) is 0. The summed E-state index contributed by atoms with van der Waals surface area (Å²) >= 11 is 1.55. The summed E-state index contributed by atoms with van der Waals surface area (Å²) in [5, 5.41) is 2.63. The molecule has 2 rings (SSSR count). The van der Waals surface area contributed by atoms with E-state index in [2.05, 4.69) is 51.2 Å². The fraction of sp³-hybridized carbons (Fsp3) is 0.333. The van der Waals surface area contributed by atoms with Crippen LogP contribution in [0, 0.1) is 6.92 Å². The van der Waals surface area contributed by atoms with E-state index in [1.54, 1.807) is 36.0 Å². The zero-order valence-electron chi connectivity index (χ0n) is 15.9. The number of rotatable bonds is 5. The summed E-state index contributed by atoms with van der Waals surface area (Å²) in [6, 6.07) is 13.0. The first kappa shape index (κ1) is 20.0. The molecule has 0 spiro atoms. The molecule has 0 bridgehead atoms. The molecular weight excluding hydrogens is 344 g/mol. The van der Waals surface area contributed by atoms with Crippen LogP contribution in [-0.4, -0.2) is 17.1 Å². The van der Waals surface area contributed by atoms with Crippen LogP contribution in [0.5, 0.6) is 0 Å². The lowest BCUT2D eigenvalue weighted by molar-refractivity contribution is -0.115. The van der Waals surface area contributed by atoms with Crippen LogP contribution < -0.4 is 11.1 Å². The van der Waals surface area contributed by atoms with E-state index in [0.717, 1.165) is 10.5 Å². The number of anilines is 1. The Kier molecular flexibility index (Phi) is 6.13. The molecule has 4 nitrogen and oxygen atoms in total. The Balaban J connectivity index is 2.08. The molecule has 0 aliphatic carbocycles. The van der Waals surface area contributed by atoms with Crippen molar-refractivity contribution in [3.8, 4) is 0 Å². The molecule has 0 radical (unpaired) electrons. The Hall–Kier alpha value is -2.27. The van der Waals surface area contributed by atoms with Gasteiger partial charge < -0.3 is 11.1 Å². The quantitative estimate of drug-likeness (QED) is 0.761. The standard InChI is InChI=1S/C21H26N2O2S/c1-13-6-9-16(21(3,4)5)12-18(13)26-14(2)20(25)23-17-10-7-15(8-11-17)19(22)24/h6-12,14H,1-5H3,(H2,22,24)(H,23,25)/t14-/m1/s1. The average Bonchev–Trinajstić information content (AvgIpc) is 2.56. The van der Waals surface area contributed by atoms with Crippen LogP contribution in [0.15, 0.2) is 47.4 Å². The number of primary amides is 1. The molecule has 0 aliphatic rings. The zero-order valence-corrected chi connectivity index (χ0v) is 16.7. The van der Waals surface area contributed by atoms with Gasteiger partial charge in [0.05, 0.1) is 5.25 Å². The van der Waals surface area contributed by atoms with Gasteiger partial charge in [0.25, 0.3) is 0 Å². The van der Waals surface area contributed by atoms with Crippen molar-refractivity contribution in [2.45, 2.75) is 50.2 Å². The number of thioether (sulfide) groups is 1. The smallest absolute Gasteiger partial charge is 0.248 e. The maximum absolute atomic E-state index is 12.5. The number of nitrogens with two attached hydrogens (primary N) is 1. The van der Waals surface area contributed by atoms with Crippen LogP contribution in [0.25, 0.3) is 0 Å². The molecule has 2 aromatic carbocycles. The van der Waals surface area contributed by atoms with Gasteiger partial charge in [-0.05, 0) is 60.7 Å². The summed E-state index contributed by atoms with van der Waals surface area (Å²) in [5.41, 5.74) is 8.77. The van der Waals surface area contributed by atoms with Crippen LogP contribution in [-0.2, 0) is 10.2 Å². The number of carbonyl (C=O) groups excluding carboxylic acids is 2. The molecule has 138 valence electrons. The minimum atomic E-state index is -0.485. The van der Waals surface area contributed by atoms with Crippen molar-refractivity contribution in [2.75, 3.05) is 5.32 Å². The fourth-order valence-corrected chi connectivity index (χ4v) is 3.40. The highest BCUT2D eigenvalue weighted by Crippen LogP contribution is 2.32. The average molecular weight is 371 g/mol. The van der Waals surface area contributed by atoms with Crippen LogP contribution >= 0.6 is 11.8 Å². The van der Waals surface area contributed by atoms with Gasteiger partial charge in [0.15, 0.2) is 0 Å². The maximum atomic E-state index is 12.5. The van der Waals surface area contributed by atoms with Crippen molar-refractivity contribution in [3.05, 3.63) is 59.2 Å². The molecule has 0 unspecified atom stereocenters. The van der Waals surface area contributed by atoms with Crippen LogP contribution in [0.2, 0.25) is 0 Å². The maximum Gasteiger partial charge on any atom is 0.248 e. The number of carbonyl (C=O) groups is 2. The van der Waals surface area contributed by atoms with Gasteiger partial charge in [-0.15, -0.1) is 11.8 Å². The molecule has 2 amide bonds. The lowest BCUT2D eigenvalue weighted by atomic mass is 9.87. The van der Waals surface area contributed by atoms with Gasteiger partial charge in [-0.1, -0.05) is 32.9 Å². The molecule has 5 heteroatoms. The topological polar surface area (TPSA) is 72.2 Å². The van der Waals surface area contributed by atoms with E-state index < -0.39 is 5.91 Å². The van der Waals surface area contributed by atoms with Crippen LogP contribution in [0.4, 0.5) is 5.69 Å². The summed E-state index contributed by atoms with van der Waals surface area (Å²) in [4.78, 5) is 24.7. The second-order valence-corrected chi connectivity index (χ2v) is 8.80. The summed E-state index contributed by atoms with van der Waals surface area (Å²) in [6.07, 6.45) is 0. The molecule has 0 saturated heterocycles. The molecule has 0 aromatic heterocycles. The van der Waals surface area contributed by atoms with Crippen LogP contribution in [0.1, 0.15) is 49.2 Å². The largest absolute Gasteiger partial charge is 0.366 e. The molecule has 3 N–H and O–H groups in total. The van der Waals surface area contributed by atoms with Crippen molar-refractivity contribution in [1.29, 1.82) is 0 Å². The molecule has 0 fully saturated rings. The second-order valence-electron chi connectivity index (χ2n) is 7.42. The summed E-state index contributed by atoms with van der Waals surface area (Å²) in [6.45, 7) is 10.5. The third-order valence-corrected chi connectivity index (χ3v) is 5.43. The number of amides is 2. The number of aryl methyl sites for hydroxylation is 1. The van der Waals surface area contributed by atoms with Crippen LogP contribution in [0.3, 0.4) is 0 Å². The van der Waals surface area contributed by atoms with E-state index in [4.69, 9.17) is 5.73 Å². The third-order valence-electron chi connectivity index (χ3n) is 4.16. The Bertz CT molecular complexity index is 808. The number of hydrogen-bond donors (Lipinski definition) is 2. The highest BCUT2D eigenvalue weighted by molar-refractivity contribution is 8.00. The highest BCUT2D eigenvalue weighted by atomic mass is 32.2. The molecular formula is C21H26N2O2S. The van der Waals surface area contributed by atoms with Crippen molar-refractivity contribution in [2.24, 2.45) is 5.73 Å². The van der Waals surface area contributed by atoms with Crippen molar-refractivity contribution in [3.63, 3.8) is 0 Å². The summed E-state index contributed by atoms with van der Waals surface area (Å²) in [5.74, 6) is -0.566. The van der Waals surface area contributed by atoms with Gasteiger partial charge in [0.1, 0.15) is 0 Å². The minimum absolute atomic E-state index is 0.0662. The van der Waals surface area contributed by atoms with Crippen molar-refractivity contribution >= 4 is 29.3 Å². The van der Waals surface area contributed by atoms with Gasteiger partial charge >= 0.3 is 0 Å². The molecule has 2 aromatic rings. The Labute approximate surface area is 159 Å². The van der Waals surface area contributed by atoms with E-state index in [0.29, 0.717) is 11.3 Å². The second kappa shape index (κ2) is 7.96. The Morgan fingerprint density at radius 1 is 1.08 bits per heavy atom. The highest BCUT2D eigenvalue weighted by Gasteiger charge is 2.19. The first-order valence-electron chi connectivity index (χ1n) is 8.56. The predicted molar refractivity (Wildman–Crippen MR) is 109 cm³/mol. The normalized spacial score (nSPS) is 12.5. The minimum Gasteiger partial charge on any atom is -0.366 e. The molecule has 1 atom stereocenters. The number of nitrogens with one attached hydrogen (secondary N) is 1.